The summed E-state index contributed by atoms with van der Waals surface area (Å²) in [6, 6.07) is 9.61. The van der Waals surface area contributed by atoms with Gasteiger partial charge in [-0.15, -0.1) is 0 Å². The number of nitrogens with zero attached hydrogens (tertiary/aromatic N) is 4. The molecule has 2 aromatic heterocycles. The van der Waals surface area contributed by atoms with Crippen LogP contribution in [0.25, 0.3) is 0 Å². The normalized spacial score (nSPS) is 10.6. The standard InChI is InChI=1S/C20H21BrCl2N6S/c21-16-2-4-19(27-12-16)29(13-15-1-3-17(22)18(23)11-15)10-7-26-20(30)25-6-9-28-8-5-24-14-28/h1-5,8,11-12,14H,6-7,9-10,13H2,(H2,25,26,30). The van der Waals surface area contributed by atoms with Crippen molar-refractivity contribution in [2.24, 2.45) is 0 Å². The molecule has 0 fully saturated rings. The Bertz CT molecular complexity index is 952. The summed E-state index contributed by atoms with van der Waals surface area (Å²) in [5.74, 6) is 0.866. The fourth-order valence-electron chi connectivity index (χ4n) is 2.77. The number of nitrogens with one attached hydrogen (secondary N) is 2. The number of anilines is 1. The van der Waals surface area contributed by atoms with Crippen molar-refractivity contribution in [3.63, 3.8) is 0 Å². The van der Waals surface area contributed by atoms with Gasteiger partial charge in [0.25, 0.3) is 0 Å². The number of halogens is 3. The molecule has 3 aromatic rings. The van der Waals surface area contributed by atoms with Gasteiger partial charge in [0, 0.05) is 55.8 Å². The number of rotatable bonds is 9. The molecule has 0 unspecified atom stereocenters. The average Bonchev–Trinajstić information content (AvgIpc) is 3.24. The van der Waals surface area contributed by atoms with E-state index in [-0.39, 0.29) is 0 Å². The molecule has 158 valence electrons. The molecule has 30 heavy (non-hydrogen) atoms. The molecule has 2 heterocycles. The van der Waals surface area contributed by atoms with E-state index in [1.165, 1.54) is 0 Å². The summed E-state index contributed by atoms with van der Waals surface area (Å²) >= 11 is 21.0. The second-order valence-corrected chi connectivity index (χ2v) is 8.63. The molecule has 0 saturated carbocycles. The minimum absolute atomic E-state index is 0.541. The molecule has 10 heteroatoms. The largest absolute Gasteiger partial charge is 0.361 e. The molecule has 3 rings (SSSR count). The van der Waals surface area contributed by atoms with Gasteiger partial charge in [0.05, 0.1) is 16.4 Å². The molecule has 0 bridgehead atoms. The number of aromatic nitrogens is 3. The predicted molar refractivity (Wildman–Crippen MR) is 130 cm³/mol. The Hall–Kier alpha value is -1.87. The first-order valence-corrected chi connectivity index (χ1v) is 11.2. The molecule has 0 aliphatic heterocycles. The van der Waals surface area contributed by atoms with E-state index in [1.54, 1.807) is 18.7 Å². The predicted octanol–water partition coefficient (Wildman–Crippen LogP) is 4.52. The van der Waals surface area contributed by atoms with Crippen molar-refractivity contribution in [2.75, 3.05) is 24.5 Å². The van der Waals surface area contributed by atoms with Crippen molar-refractivity contribution < 1.29 is 0 Å². The lowest BCUT2D eigenvalue weighted by molar-refractivity contribution is 0.664. The highest BCUT2D eigenvalue weighted by atomic mass is 79.9. The maximum atomic E-state index is 6.18. The second kappa shape index (κ2) is 11.5. The van der Waals surface area contributed by atoms with Gasteiger partial charge in [0.2, 0.25) is 0 Å². The average molecular weight is 528 g/mol. The van der Waals surface area contributed by atoms with Crippen molar-refractivity contribution in [3.05, 3.63) is 75.3 Å². The number of benzene rings is 1. The Morgan fingerprint density at radius 3 is 2.67 bits per heavy atom. The maximum absolute atomic E-state index is 6.18. The van der Waals surface area contributed by atoms with E-state index in [4.69, 9.17) is 35.4 Å². The second-order valence-electron chi connectivity index (χ2n) is 6.49. The number of pyridine rings is 1. The molecule has 1 aromatic carbocycles. The van der Waals surface area contributed by atoms with E-state index in [9.17, 15) is 0 Å². The number of imidazole rings is 1. The van der Waals surface area contributed by atoms with Crippen molar-refractivity contribution in [1.29, 1.82) is 0 Å². The number of hydrogen-bond donors (Lipinski definition) is 2. The van der Waals surface area contributed by atoms with Gasteiger partial charge in [0.15, 0.2) is 5.11 Å². The maximum Gasteiger partial charge on any atom is 0.166 e. The smallest absolute Gasteiger partial charge is 0.166 e. The van der Waals surface area contributed by atoms with E-state index in [0.717, 1.165) is 28.9 Å². The Labute approximate surface area is 199 Å². The lowest BCUT2D eigenvalue weighted by atomic mass is 10.2. The monoisotopic (exact) mass is 526 g/mol. The van der Waals surface area contributed by atoms with Gasteiger partial charge in [-0.3, -0.25) is 0 Å². The summed E-state index contributed by atoms with van der Waals surface area (Å²) in [6.07, 6.45) is 7.25. The first-order chi connectivity index (χ1) is 14.5. The first kappa shape index (κ1) is 22.8. The fraction of sp³-hybridized carbons (Fsp3) is 0.250. The molecule has 0 atom stereocenters. The SMILES string of the molecule is S=C(NCCN(Cc1ccc(Cl)c(Cl)c1)c1ccc(Br)cn1)NCCn1ccnc1. The number of thiocarbonyl (C=S) groups is 1. The van der Waals surface area contributed by atoms with Crippen molar-refractivity contribution in [1.82, 2.24) is 25.2 Å². The van der Waals surface area contributed by atoms with Crippen LogP contribution in [0.2, 0.25) is 10.0 Å². The Kier molecular flexibility index (Phi) is 8.74. The Balaban J connectivity index is 1.54. The van der Waals surface area contributed by atoms with Crippen LogP contribution in [0.5, 0.6) is 0 Å². The molecule has 0 spiro atoms. The van der Waals surface area contributed by atoms with Crippen molar-refractivity contribution in [2.45, 2.75) is 13.1 Å². The van der Waals surface area contributed by atoms with Crippen LogP contribution in [0.4, 0.5) is 5.82 Å². The third-order valence-corrected chi connectivity index (χ3v) is 5.77. The van der Waals surface area contributed by atoms with Gasteiger partial charge in [-0.1, -0.05) is 29.3 Å². The highest BCUT2D eigenvalue weighted by Crippen LogP contribution is 2.24. The summed E-state index contributed by atoms with van der Waals surface area (Å²) < 4.78 is 2.93. The van der Waals surface area contributed by atoms with Crippen LogP contribution in [0, 0.1) is 0 Å². The lowest BCUT2D eigenvalue weighted by Crippen LogP contribution is -2.41. The van der Waals surface area contributed by atoms with Crippen molar-refractivity contribution >= 4 is 62.3 Å². The highest BCUT2D eigenvalue weighted by molar-refractivity contribution is 9.10. The molecule has 6 nitrogen and oxygen atoms in total. The molecule has 0 aliphatic rings. The zero-order valence-corrected chi connectivity index (χ0v) is 20.0. The van der Waals surface area contributed by atoms with Gasteiger partial charge >= 0.3 is 0 Å². The first-order valence-electron chi connectivity index (χ1n) is 9.29. The van der Waals surface area contributed by atoms with E-state index in [0.29, 0.717) is 34.8 Å². The summed E-state index contributed by atoms with van der Waals surface area (Å²) in [4.78, 5) is 10.7. The van der Waals surface area contributed by atoms with Crippen LogP contribution >= 0.6 is 51.3 Å². The van der Waals surface area contributed by atoms with Gasteiger partial charge in [-0.25, -0.2) is 9.97 Å². The minimum Gasteiger partial charge on any atom is -0.361 e. The Morgan fingerprint density at radius 1 is 1.13 bits per heavy atom. The van der Waals surface area contributed by atoms with Crippen LogP contribution in [0.1, 0.15) is 5.56 Å². The van der Waals surface area contributed by atoms with Gasteiger partial charge in [0.1, 0.15) is 5.82 Å². The Morgan fingerprint density at radius 2 is 1.97 bits per heavy atom. The summed E-state index contributed by atoms with van der Waals surface area (Å²) in [5, 5.41) is 8.16. The molecular weight excluding hydrogens is 507 g/mol. The minimum atomic E-state index is 0.541. The van der Waals surface area contributed by atoms with Crippen LogP contribution in [-0.2, 0) is 13.1 Å². The zero-order chi connectivity index (χ0) is 21.3. The van der Waals surface area contributed by atoms with Gasteiger partial charge < -0.3 is 20.1 Å². The fourth-order valence-corrected chi connectivity index (χ4v) is 3.53. The van der Waals surface area contributed by atoms with E-state index in [1.807, 2.05) is 41.1 Å². The third kappa shape index (κ3) is 7.12. The van der Waals surface area contributed by atoms with E-state index in [2.05, 4.69) is 41.4 Å². The highest BCUT2D eigenvalue weighted by Gasteiger charge is 2.10. The zero-order valence-electron chi connectivity index (χ0n) is 16.1. The van der Waals surface area contributed by atoms with Gasteiger partial charge in [-0.2, -0.15) is 0 Å². The summed E-state index contributed by atoms with van der Waals surface area (Å²) in [7, 11) is 0. The van der Waals surface area contributed by atoms with Crippen molar-refractivity contribution in [3.8, 4) is 0 Å². The lowest BCUT2D eigenvalue weighted by Gasteiger charge is -2.24. The quantitative estimate of drug-likeness (QED) is 0.399. The molecular formula is C20H21BrCl2N6S. The summed E-state index contributed by atoms with van der Waals surface area (Å²) in [5.41, 5.74) is 1.05. The molecule has 0 amide bonds. The van der Waals surface area contributed by atoms with Crippen LogP contribution in [-0.4, -0.2) is 39.3 Å². The van der Waals surface area contributed by atoms with Gasteiger partial charge in [-0.05, 0) is 58.0 Å². The topological polar surface area (TPSA) is 58.0 Å². The van der Waals surface area contributed by atoms with Crippen LogP contribution < -0.4 is 15.5 Å². The van der Waals surface area contributed by atoms with E-state index >= 15 is 0 Å². The molecule has 0 aliphatic carbocycles. The van der Waals surface area contributed by atoms with Crippen LogP contribution in [0.3, 0.4) is 0 Å². The third-order valence-electron chi connectivity index (χ3n) is 4.28. The van der Waals surface area contributed by atoms with E-state index < -0.39 is 0 Å². The van der Waals surface area contributed by atoms with Crippen LogP contribution in [0.15, 0.2) is 59.7 Å². The molecule has 0 radical (unpaired) electrons. The summed E-state index contributed by atoms with van der Waals surface area (Å²) in [6.45, 7) is 3.54. The molecule has 0 saturated heterocycles. The molecule has 2 N–H and O–H groups in total. The number of hydrogen-bond acceptors (Lipinski definition) is 4.